The molecule has 0 amide bonds. The molecule has 2 heterocycles. The van der Waals surface area contributed by atoms with Gasteiger partial charge in [-0.2, -0.15) is 4.58 Å². The number of carboxylic acids is 1. The molecular weight excluding hydrogens is 647 g/mol. The number of hydrogen-bond acceptors (Lipinski definition) is 5. The van der Waals surface area contributed by atoms with Gasteiger partial charge in [0.25, 0.3) is 0 Å². The molecule has 2 aliphatic heterocycles. The number of nitrogens with zero attached hydrogens (tertiary/aromatic N) is 3. The minimum Gasteiger partial charge on any atom is -0.478 e. The summed E-state index contributed by atoms with van der Waals surface area (Å²) < 4.78 is 2.27. The first-order chi connectivity index (χ1) is 24.9. The number of hydrogen-bond donors (Lipinski definition) is 2. The van der Waals surface area contributed by atoms with Gasteiger partial charge in [0.1, 0.15) is 13.7 Å². The quantitative estimate of drug-likeness (QED) is 0.103. The molecule has 0 unspecified atom stereocenters. The summed E-state index contributed by atoms with van der Waals surface area (Å²) in [4.78, 5) is 20.9. The highest BCUT2D eigenvalue weighted by atomic mass is 17.1. The average Bonchev–Trinajstić information content (AvgIpc) is 3.68. The second-order valence-corrected chi connectivity index (χ2v) is 14.9. The first kappa shape index (κ1) is 34.9. The van der Waals surface area contributed by atoms with Crippen LogP contribution >= 0.6 is 0 Å². The number of rotatable bonds is 9. The van der Waals surface area contributed by atoms with Crippen molar-refractivity contribution in [3.05, 3.63) is 166 Å². The summed E-state index contributed by atoms with van der Waals surface area (Å²) in [6.07, 6.45) is 10.8. The van der Waals surface area contributed by atoms with Crippen LogP contribution in [0.2, 0.25) is 0 Å². The second kappa shape index (κ2) is 13.6. The van der Waals surface area contributed by atoms with Crippen LogP contribution in [0.1, 0.15) is 67.6 Å². The van der Waals surface area contributed by atoms with E-state index in [9.17, 15) is 9.90 Å². The van der Waals surface area contributed by atoms with Crippen molar-refractivity contribution in [2.45, 2.75) is 58.0 Å². The summed E-state index contributed by atoms with van der Waals surface area (Å²) >= 11 is 0. The summed E-state index contributed by atoms with van der Waals surface area (Å²) in [6, 6.07) is 32.7. The minimum absolute atomic E-state index is 0.150. The Balaban J connectivity index is 1.36. The van der Waals surface area contributed by atoms with E-state index in [1.807, 2.05) is 30.3 Å². The fraction of sp³-hybridized carbons (Fsp3) is 0.244. The molecule has 0 atom stereocenters. The molecule has 1 aliphatic carbocycles. The van der Waals surface area contributed by atoms with Gasteiger partial charge in [0.05, 0.1) is 16.7 Å². The Morgan fingerprint density at radius 2 is 1.52 bits per heavy atom. The molecule has 264 valence electrons. The number of allylic oxidation sites excluding steroid dienone is 7. The molecule has 0 aromatic heterocycles. The Morgan fingerprint density at radius 3 is 2.15 bits per heavy atom. The van der Waals surface area contributed by atoms with Gasteiger partial charge in [-0.1, -0.05) is 62.4 Å². The number of anilines is 3. The predicted octanol–water partition coefficient (Wildman–Crippen LogP) is 10.1. The van der Waals surface area contributed by atoms with Crippen LogP contribution in [0.25, 0.3) is 0 Å². The molecule has 4 aromatic rings. The molecule has 7 nitrogen and oxygen atoms in total. The molecule has 0 bridgehead atoms. The first-order valence-electron chi connectivity index (χ1n) is 17.8. The summed E-state index contributed by atoms with van der Waals surface area (Å²) in [5.41, 5.74) is 13.1. The molecule has 2 N–H and O–H groups in total. The van der Waals surface area contributed by atoms with Gasteiger partial charge in [-0.15, -0.1) is 0 Å². The van der Waals surface area contributed by atoms with Gasteiger partial charge in [-0.3, -0.25) is 5.26 Å². The van der Waals surface area contributed by atoms with E-state index < -0.39 is 5.97 Å². The fourth-order valence-corrected chi connectivity index (χ4v) is 8.26. The van der Waals surface area contributed by atoms with Crippen molar-refractivity contribution >= 4 is 34.4 Å². The number of aromatic carboxylic acids is 1. The van der Waals surface area contributed by atoms with E-state index in [2.05, 4.69) is 146 Å². The van der Waals surface area contributed by atoms with Gasteiger partial charge in [0.2, 0.25) is 5.69 Å². The molecule has 0 saturated carbocycles. The highest BCUT2D eigenvalue weighted by molar-refractivity contribution is 6.03. The van der Waals surface area contributed by atoms with Crippen molar-refractivity contribution in [2.24, 2.45) is 0 Å². The zero-order valence-corrected chi connectivity index (χ0v) is 30.7. The van der Waals surface area contributed by atoms with Crippen LogP contribution in [0.5, 0.6) is 0 Å². The van der Waals surface area contributed by atoms with Crippen LogP contribution in [0.15, 0.2) is 144 Å². The van der Waals surface area contributed by atoms with Crippen LogP contribution in [-0.4, -0.2) is 40.7 Å². The lowest BCUT2D eigenvalue weighted by atomic mass is 9.80. The molecule has 3 aliphatic rings. The highest BCUT2D eigenvalue weighted by Crippen LogP contribution is 2.48. The molecule has 0 radical (unpaired) electrons. The third kappa shape index (κ3) is 6.00. The average molecular weight is 693 g/mol. The Kier molecular flexibility index (Phi) is 9.11. The fourth-order valence-electron chi connectivity index (χ4n) is 8.26. The monoisotopic (exact) mass is 692 g/mol. The van der Waals surface area contributed by atoms with Gasteiger partial charge < -0.3 is 14.9 Å². The first-order valence-corrected chi connectivity index (χ1v) is 17.8. The molecule has 52 heavy (non-hydrogen) atoms. The zero-order chi connectivity index (χ0) is 36.8. The lowest BCUT2D eigenvalue weighted by molar-refractivity contribution is -0.401. The van der Waals surface area contributed by atoms with Crippen molar-refractivity contribution in [2.75, 3.05) is 23.9 Å². The van der Waals surface area contributed by atoms with E-state index in [0.717, 1.165) is 58.1 Å². The number of fused-ring (bicyclic) bond motifs is 2. The van der Waals surface area contributed by atoms with Gasteiger partial charge in [0, 0.05) is 52.9 Å². The summed E-state index contributed by atoms with van der Waals surface area (Å²) in [5.74, 6) is -0.917. The molecule has 7 heteroatoms. The summed E-state index contributed by atoms with van der Waals surface area (Å²) in [7, 11) is 4.18. The van der Waals surface area contributed by atoms with Gasteiger partial charge in [0.15, 0.2) is 5.71 Å². The maximum absolute atomic E-state index is 11.9. The molecule has 4 aromatic carbocycles. The Hall–Kier alpha value is -5.50. The molecule has 0 spiro atoms. The lowest BCUT2D eigenvalue weighted by Gasteiger charge is -2.29. The van der Waals surface area contributed by atoms with Gasteiger partial charge in [-0.25, -0.2) is 9.68 Å². The second-order valence-electron chi connectivity index (χ2n) is 14.9. The third-order valence-electron chi connectivity index (χ3n) is 11.0. The zero-order valence-electron chi connectivity index (χ0n) is 30.7. The normalized spacial score (nSPS) is 18.9. The summed E-state index contributed by atoms with van der Waals surface area (Å²) in [5, 5.41) is 18.8. The maximum Gasteiger partial charge on any atom is 0.335 e. The highest BCUT2D eigenvalue weighted by Gasteiger charge is 2.43. The Morgan fingerprint density at radius 1 is 0.846 bits per heavy atom. The number of para-hydroxylation sites is 2. The number of carbonyl (C=O) groups is 1. The SMILES string of the molecule is CN1C(=CC=C2CCC(C=CC3=[N+](C)c4ccc(COO)cc4C3(C)C)=C2N(c2ccccc2)c2ccccc2)C(C)(C)c2cc(C(=O)O)ccc21. The molecule has 7 rings (SSSR count). The van der Waals surface area contributed by atoms with Crippen molar-refractivity contribution in [1.82, 2.24) is 0 Å². The topological polar surface area (TPSA) is 76.2 Å². The van der Waals surface area contributed by atoms with E-state index in [1.54, 1.807) is 6.07 Å². The third-order valence-corrected chi connectivity index (χ3v) is 11.0. The lowest BCUT2D eigenvalue weighted by Crippen LogP contribution is -2.26. The van der Waals surface area contributed by atoms with Crippen molar-refractivity contribution in [1.29, 1.82) is 0 Å². The molecule has 0 saturated heterocycles. The van der Waals surface area contributed by atoms with Gasteiger partial charge in [-0.05, 0) is 110 Å². The number of benzene rings is 4. The van der Waals surface area contributed by atoms with Crippen LogP contribution in [0.4, 0.5) is 22.7 Å². The van der Waals surface area contributed by atoms with E-state index >= 15 is 0 Å². The number of carboxylic acid groups (broad SMARTS) is 1. The summed E-state index contributed by atoms with van der Waals surface area (Å²) in [6.45, 7) is 8.98. The van der Waals surface area contributed by atoms with Crippen LogP contribution in [0.3, 0.4) is 0 Å². The van der Waals surface area contributed by atoms with E-state index in [1.165, 1.54) is 22.4 Å². The van der Waals surface area contributed by atoms with Crippen LogP contribution in [-0.2, 0) is 22.3 Å². The minimum atomic E-state index is -0.917. The maximum atomic E-state index is 11.9. The van der Waals surface area contributed by atoms with E-state index in [0.29, 0.717) is 5.56 Å². The van der Waals surface area contributed by atoms with Crippen LogP contribution in [0, 0.1) is 0 Å². The van der Waals surface area contributed by atoms with Crippen molar-refractivity contribution in [3.8, 4) is 0 Å². The van der Waals surface area contributed by atoms with Crippen LogP contribution < -0.4 is 9.80 Å². The Bertz CT molecular complexity index is 2170. The van der Waals surface area contributed by atoms with Gasteiger partial charge >= 0.3 is 5.97 Å². The number of likely N-dealkylation sites (N-methyl/N-ethyl adjacent to an activating group) is 1. The van der Waals surface area contributed by atoms with Crippen molar-refractivity contribution in [3.63, 3.8) is 0 Å². The Labute approximate surface area is 306 Å². The predicted molar refractivity (Wildman–Crippen MR) is 209 cm³/mol. The van der Waals surface area contributed by atoms with E-state index in [-0.39, 0.29) is 17.4 Å². The largest absolute Gasteiger partial charge is 0.478 e. The standard InChI is InChI=1S/C45H45N3O4/c1-44(2)36-27-30(29-52-51)17-23-38(36)46(5)40(44)25-21-31-18-19-32(42(31)48(34-13-9-7-10-14-34)35-15-11-8-12-16-35)22-26-41-45(3,4)37-28-33(43(49)50)20-24-39(37)47(41)6/h7-17,20-28H,18-19,29H2,1-6H3,(H-,49,50,51)/p+1. The van der Waals surface area contributed by atoms with E-state index in [4.69, 9.17) is 5.26 Å². The molecule has 0 fully saturated rings. The smallest absolute Gasteiger partial charge is 0.335 e. The van der Waals surface area contributed by atoms with Crippen molar-refractivity contribution < 1.29 is 24.6 Å². The molecular formula is C45H46N3O4+.